The topological polar surface area (TPSA) is 178 Å². The van der Waals surface area contributed by atoms with Crippen LogP contribution in [0.15, 0.2) is 0 Å². The van der Waals surface area contributed by atoms with Crippen LogP contribution in [0.1, 0.15) is 13.8 Å². The van der Waals surface area contributed by atoms with Gasteiger partial charge in [-0.15, -0.1) is 0 Å². The number of ether oxygens (including phenoxy) is 3. The highest BCUT2D eigenvalue weighted by Gasteiger charge is 2.50. The molecule has 0 bridgehead atoms. The molecule has 1 amide bonds. The van der Waals surface area contributed by atoms with Crippen LogP contribution in [-0.4, -0.2) is 105 Å². The molecule has 2 saturated heterocycles. The summed E-state index contributed by atoms with van der Waals surface area (Å²) >= 11 is 0. The Morgan fingerprint density at radius 2 is 1.68 bits per heavy atom. The maximum atomic E-state index is 11.2. The molecule has 0 saturated carbocycles. The molecule has 10 atom stereocenters. The first-order chi connectivity index (χ1) is 11.7. The van der Waals surface area contributed by atoms with Crippen LogP contribution in [0.4, 0.5) is 0 Å². The molecule has 11 heteroatoms. The van der Waals surface area contributed by atoms with Gasteiger partial charge >= 0.3 is 0 Å². The highest BCUT2D eigenvalue weighted by atomic mass is 16.7. The maximum absolute atomic E-state index is 11.2. The van der Waals surface area contributed by atoms with E-state index in [1.807, 2.05) is 0 Å². The molecule has 7 N–H and O–H groups in total. The van der Waals surface area contributed by atoms with Gasteiger partial charge < -0.3 is 50.2 Å². The molecule has 0 unspecified atom stereocenters. The van der Waals surface area contributed by atoms with E-state index in [1.54, 1.807) is 0 Å². The third-order valence-corrected chi connectivity index (χ3v) is 4.34. The van der Waals surface area contributed by atoms with Gasteiger partial charge in [0.25, 0.3) is 0 Å². The van der Waals surface area contributed by atoms with E-state index >= 15 is 0 Å². The molecule has 0 aliphatic carbocycles. The summed E-state index contributed by atoms with van der Waals surface area (Å²) in [4.78, 5) is 11.2. The lowest BCUT2D eigenvalue weighted by molar-refractivity contribution is -0.341. The van der Waals surface area contributed by atoms with E-state index < -0.39 is 73.9 Å². The fraction of sp³-hybridized carbons (Fsp3) is 0.929. The fourth-order valence-corrected chi connectivity index (χ4v) is 2.92. The first-order valence-corrected chi connectivity index (χ1v) is 7.92. The Morgan fingerprint density at radius 3 is 2.24 bits per heavy atom. The molecule has 0 aromatic carbocycles. The molecule has 2 rings (SSSR count). The van der Waals surface area contributed by atoms with Crippen molar-refractivity contribution in [1.29, 1.82) is 0 Å². The zero-order valence-corrected chi connectivity index (χ0v) is 13.8. The van der Waals surface area contributed by atoms with E-state index in [0.717, 1.165) is 0 Å². The lowest BCUT2D eigenvalue weighted by atomic mass is 9.95. The quantitative estimate of drug-likeness (QED) is 0.257. The molecule has 0 aromatic rings. The molecule has 0 spiro atoms. The summed E-state index contributed by atoms with van der Waals surface area (Å²) in [5.41, 5.74) is 0. The van der Waals surface area contributed by atoms with Gasteiger partial charge in [0.05, 0.1) is 12.7 Å². The highest BCUT2D eigenvalue weighted by Crippen LogP contribution is 2.28. The number of amides is 1. The fourth-order valence-electron chi connectivity index (χ4n) is 2.92. The molecular weight excluding hydrogens is 342 g/mol. The lowest BCUT2D eigenvalue weighted by Gasteiger charge is -2.46. The summed E-state index contributed by atoms with van der Waals surface area (Å²) < 4.78 is 15.9. The van der Waals surface area contributed by atoms with Crippen molar-refractivity contribution in [1.82, 2.24) is 5.32 Å². The number of carbonyl (C=O) groups is 1. The van der Waals surface area contributed by atoms with Crippen molar-refractivity contribution in [2.24, 2.45) is 0 Å². The van der Waals surface area contributed by atoms with Crippen molar-refractivity contribution in [3.05, 3.63) is 0 Å². The van der Waals surface area contributed by atoms with Gasteiger partial charge in [-0.05, 0) is 6.92 Å². The van der Waals surface area contributed by atoms with Crippen molar-refractivity contribution in [2.45, 2.75) is 75.2 Å². The number of nitrogens with one attached hydrogen (secondary N) is 1. The minimum Gasteiger partial charge on any atom is -0.394 e. The predicted molar refractivity (Wildman–Crippen MR) is 78.8 cm³/mol. The number of hydrogen-bond acceptors (Lipinski definition) is 10. The van der Waals surface area contributed by atoms with Crippen LogP contribution in [-0.2, 0) is 19.0 Å². The average Bonchev–Trinajstić information content (AvgIpc) is 2.56. The molecule has 25 heavy (non-hydrogen) atoms. The second-order valence-electron chi connectivity index (χ2n) is 6.25. The molecule has 2 aliphatic heterocycles. The normalized spacial score (nSPS) is 48.2. The summed E-state index contributed by atoms with van der Waals surface area (Å²) in [5.74, 6) is -0.533. The number of rotatable bonds is 4. The lowest BCUT2D eigenvalue weighted by Crippen LogP contribution is -2.66. The zero-order valence-electron chi connectivity index (χ0n) is 13.8. The summed E-state index contributed by atoms with van der Waals surface area (Å²) in [6, 6.07) is -1.24. The van der Waals surface area contributed by atoms with Crippen LogP contribution in [0.3, 0.4) is 0 Å². The minimum absolute atomic E-state index is 0.533. The largest absolute Gasteiger partial charge is 0.394 e. The van der Waals surface area contributed by atoms with Gasteiger partial charge in [-0.1, -0.05) is 0 Å². The predicted octanol–water partition coefficient (Wildman–Crippen LogP) is -4.23. The Morgan fingerprint density at radius 1 is 1.04 bits per heavy atom. The van der Waals surface area contributed by atoms with Gasteiger partial charge in [0.1, 0.15) is 42.7 Å². The van der Waals surface area contributed by atoms with Crippen LogP contribution in [0.2, 0.25) is 0 Å². The molecule has 2 heterocycles. The summed E-state index contributed by atoms with van der Waals surface area (Å²) in [7, 11) is 0. The van der Waals surface area contributed by atoms with Crippen LogP contribution in [0, 0.1) is 0 Å². The molecule has 0 radical (unpaired) electrons. The van der Waals surface area contributed by atoms with Gasteiger partial charge in [-0.3, -0.25) is 4.79 Å². The monoisotopic (exact) mass is 367 g/mol. The molecule has 0 aromatic heterocycles. The van der Waals surface area contributed by atoms with Crippen molar-refractivity contribution in [3.8, 4) is 0 Å². The Kier molecular flexibility index (Phi) is 6.70. The van der Waals surface area contributed by atoms with Crippen LogP contribution >= 0.6 is 0 Å². The molecular formula is C14H25NO10. The smallest absolute Gasteiger partial charge is 0.217 e. The Hall–Kier alpha value is -0.890. The van der Waals surface area contributed by atoms with Gasteiger partial charge in [0.15, 0.2) is 12.6 Å². The highest BCUT2D eigenvalue weighted by molar-refractivity contribution is 5.73. The molecule has 2 fully saturated rings. The van der Waals surface area contributed by atoms with E-state index in [1.165, 1.54) is 13.8 Å². The first-order valence-electron chi connectivity index (χ1n) is 7.92. The second kappa shape index (κ2) is 8.20. The SMILES string of the molecule is CC(=O)N[C@@H]1[C@H](O)[C@H](O[C@@H]2O[C@@H](C)[C@@H](O)[C@H](O)[C@@H]2O)[C@H](CO)O[C@@H]1O. The van der Waals surface area contributed by atoms with Crippen molar-refractivity contribution in [3.63, 3.8) is 0 Å². The maximum Gasteiger partial charge on any atom is 0.217 e. The number of carbonyl (C=O) groups excluding carboxylic acids is 1. The zero-order chi connectivity index (χ0) is 18.9. The summed E-state index contributed by atoms with van der Waals surface area (Å²) in [5, 5.41) is 61.5. The van der Waals surface area contributed by atoms with E-state index in [2.05, 4.69) is 5.32 Å². The third kappa shape index (κ3) is 4.27. The van der Waals surface area contributed by atoms with E-state index in [0.29, 0.717) is 0 Å². The Balaban J connectivity index is 2.15. The van der Waals surface area contributed by atoms with E-state index in [-0.39, 0.29) is 0 Å². The van der Waals surface area contributed by atoms with Crippen LogP contribution in [0.25, 0.3) is 0 Å². The van der Waals surface area contributed by atoms with Crippen LogP contribution in [0.5, 0.6) is 0 Å². The first kappa shape index (κ1) is 20.4. The number of aliphatic hydroxyl groups excluding tert-OH is 6. The van der Waals surface area contributed by atoms with E-state index in [4.69, 9.17) is 14.2 Å². The molecule has 11 nitrogen and oxygen atoms in total. The van der Waals surface area contributed by atoms with Gasteiger partial charge in [0, 0.05) is 6.92 Å². The van der Waals surface area contributed by atoms with Crippen LogP contribution < -0.4 is 5.32 Å². The van der Waals surface area contributed by atoms with Crippen molar-refractivity contribution >= 4 is 5.91 Å². The summed E-state index contributed by atoms with van der Waals surface area (Å²) in [6.45, 7) is 2.01. The average molecular weight is 367 g/mol. The number of aliphatic hydroxyl groups is 6. The molecule has 146 valence electrons. The summed E-state index contributed by atoms with van der Waals surface area (Å²) in [6.07, 6.45) is -12.3. The standard InChI is InChI=1S/C14H25NO10/c1-4-8(18)10(20)11(21)14(23-4)25-12-6(3-16)24-13(22)7(9(12)19)15-5(2)17/h4,6-14,16,18-22H,3H2,1-2H3,(H,15,17)/t4-,6-,7+,8+,9-,10-,11-,12+,13-,14-/m0/s1. The third-order valence-electron chi connectivity index (χ3n) is 4.34. The van der Waals surface area contributed by atoms with E-state index in [9.17, 15) is 35.4 Å². The Labute approximate surface area is 143 Å². The number of hydrogen-bond donors (Lipinski definition) is 7. The molecule has 2 aliphatic rings. The second-order valence-corrected chi connectivity index (χ2v) is 6.25. The van der Waals surface area contributed by atoms with Gasteiger partial charge in [-0.25, -0.2) is 0 Å². The van der Waals surface area contributed by atoms with Crippen molar-refractivity contribution in [2.75, 3.05) is 6.61 Å². The van der Waals surface area contributed by atoms with Gasteiger partial charge in [0.2, 0.25) is 5.91 Å². The minimum atomic E-state index is -1.62. The van der Waals surface area contributed by atoms with Gasteiger partial charge in [-0.2, -0.15) is 0 Å². The Bertz CT molecular complexity index is 465. The van der Waals surface area contributed by atoms with Crippen molar-refractivity contribution < 1.29 is 49.6 Å².